The van der Waals surface area contributed by atoms with Crippen LogP contribution in [0, 0.1) is 5.92 Å². The molecule has 1 aromatic heterocycles. The number of aliphatic hydroxyl groups is 1. The predicted molar refractivity (Wildman–Crippen MR) is 62.5 cm³/mol. The van der Waals surface area contributed by atoms with E-state index in [0.29, 0.717) is 12.1 Å². The highest BCUT2D eigenvalue weighted by molar-refractivity contribution is 5.76. The second kappa shape index (κ2) is 6.15. The number of hydrogen-bond donors (Lipinski definition) is 3. The normalized spacial score (nSPS) is 12.5. The van der Waals surface area contributed by atoms with Gasteiger partial charge in [-0.05, 0) is 18.4 Å². The average molecular weight is 239 g/mol. The smallest absolute Gasteiger partial charge is 0.326 e. The van der Waals surface area contributed by atoms with Crippen molar-refractivity contribution < 1.29 is 15.0 Å². The minimum Gasteiger partial charge on any atom is -0.480 e. The molecule has 0 aliphatic heterocycles. The summed E-state index contributed by atoms with van der Waals surface area (Å²) in [5.41, 5.74) is 0.455. The standard InChI is InChI=1S/C11H17N3O3/c1-7(2)5-9(10(16)17)14-11-12-4-3-8(6-15)13-11/h3-4,7,9,15H,5-6H2,1-2H3,(H,16,17)(H,12,13,14)/t9-/m1/s1. The monoisotopic (exact) mass is 239 g/mol. The van der Waals surface area contributed by atoms with Gasteiger partial charge < -0.3 is 15.5 Å². The fourth-order valence-corrected chi connectivity index (χ4v) is 1.40. The summed E-state index contributed by atoms with van der Waals surface area (Å²) in [7, 11) is 0. The highest BCUT2D eigenvalue weighted by Crippen LogP contribution is 2.10. The van der Waals surface area contributed by atoms with Crippen LogP contribution < -0.4 is 5.32 Å². The molecule has 0 aliphatic rings. The van der Waals surface area contributed by atoms with Crippen LogP contribution in [0.3, 0.4) is 0 Å². The van der Waals surface area contributed by atoms with Crippen molar-refractivity contribution in [1.82, 2.24) is 9.97 Å². The fraction of sp³-hybridized carbons (Fsp3) is 0.545. The van der Waals surface area contributed by atoms with Crippen molar-refractivity contribution in [3.8, 4) is 0 Å². The van der Waals surface area contributed by atoms with Crippen molar-refractivity contribution in [2.75, 3.05) is 5.32 Å². The van der Waals surface area contributed by atoms with Gasteiger partial charge in [0.1, 0.15) is 6.04 Å². The summed E-state index contributed by atoms with van der Waals surface area (Å²) in [4.78, 5) is 18.9. The molecule has 0 bridgehead atoms. The Bertz CT molecular complexity index is 382. The van der Waals surface area contributed by atoms with Gasteiger partial charge in [-0.3, -0.25) is 0 Å². The summed E-state index contributed by atoms with van der Waals surface area (Å²) in [6.45, 7) is 3.70. The van der Waals surface area contributed by atoms with Crippen LogP contribution >= 0.6 is 0 Å². The number of rotatable bonds is 6. The molecule has 0 unspecified atom stereocenters. The minimum absolute atomic E-state index is 0.195. The van der Waals surface area contributed by atoms with Crippen LogP contribution in [-0.4, -0.2) is 32.2 Å². The molecule has 0 saturated heterocycles. The van der Waals surface area contributed by atoms with Crippen molar-refractivity contribution in [2.24, 2.45) is 5.92 Å². The minimum atomic E-state index is -0.934. The summed E-state index contributed by atoms with van der Waals surface area (Å²) in [6, 6.07) is 0.854. The molecular formula is C11H17N3O3. The Morgan fingerprint density at radius 3 is 2.76 bits per heavy atom. The van der Waals surface area contributed by atoms with Crippen LogP contribution in [0.15, 0.2) is 12.3 Å². The predicted octanol–water partition coefficient (Wildman–Crippen LogP) is 0.880. The number of carboxylic acids is 1. The van der Waals surface area contributed by atoms with Gasteiger partial charge in [-0.2, -0.15) is 0 Å². The van der Waals surface area contributed by atoms with Gasteiger partial charge in [0.25, 0.3) is 0 Å². The molecule has 1 heterocycles. The maximum atomic E-state index is 11.0. The summed E-state index contributed by atoms with van der Waals surface area (Å²) in [5.74, 6) is -0.453. The molecule has 1 aromatic rings. The van der Waals surface area contributed by atoms with Gasteiger partial charge in [0.2, 0.25) is 5.95 Å². The van der Waals surface area contributed by atoms with Gasteiger partial charge in [0.05, 0.1) is 12.3 Å². The highest BCUT2D eigenvalue weighted by atomic mass is 16.4. The van der Waals surface area contributed by atoms with E-state index in [0.717, 1.165) is 0 Å². The lowest BCUT2D eigenvalue weighted by Gasteiger charge is -2.16. The van der Waals surface area contributed by atoms with E-state index in [1.54, 1.807) is 6.07 Å². The van der Waals surface area contributed by atoms with Crippen molar-refractivity contribution in [1.29, 1.82) is 0 Å². The molecule has 0 radical (unpaired) electrons. The average Bonchev–Trinajstić information content (AvgIpc) is 2.27. The van der Waals surface area contributed by atoms with Gasteiger partial charge in [-0.1, -0.05) is 13.8 Å². The zero-order chi connectivity index (χ0) is 12.8. The number of nitrogens with zero attached hydrogens (tertiary/aromatic N) is 2. The van der Waals surface area contributed by atoms with E-state index >= 15 is 0 Å². The third-order valence-corrected chi connectivity index (χ3v) is 2.18. The number of carboxylic acid groups (broad SMARTS) is 1. The molecule has 17 heavy (non-hydrogen) atoms. The maximum absolute atomic E-state index is 11.0. The van der Waals surface area contributed by atoms with Gasteiger partial charge in [0, 0.05) is 6.20 Å². The molecule has 1 atom stereocenters. The Morgan fingerprint density at radius 1 is 1.53 bits per heavy atom. The topological polar surface area (TPSA) is 95.3 Å². The first-order valence-electron chi connectivity index (χ1n) is 5.45. The number of anilines is 1. The van der Waals surface area contributed by atoms with E-state index < -0.39 is 12.0 Å². The van der Waals surface area contributed by atoms with Crippen molar-refractivity contribution >= 4 is 11.9 Å². The van der Waals surface area contributed by atoms with Crippen LogP contribution in [0.5, 0.6) is 0 Å². The summed E-state index contributed by atoms with van der Waals surface area (Å²) in [6.07, 6.45) is 1.97. The van der Waals surface area contributed by atoms with Crippen LogP contribution in [0.4, 0.5) is 5.95 Å². The quantitative estimate of drug-likeness (QED) is 0.682. The molecule has 6 heteroatoms. The number of nitrogens with one attached hydrogen (secondary N) is 1. The summed E-state index contributed by atoms with van der Waals surface area (Å²) >= 11 is 0. The van der Waals surface area contributed by atoms with Gasteiger partial charge in [-0.25, -0.2) is 14.8 Å². The SMILES string of the molecule is CC(C)C[C@@H](Nc1nccc(CO)n1)C(=O)O. The Balaban J connectivity index is 2.74. The molecule has 0 aromatic carbocycles. The fourth-order valence-electron chi connectivity index (χ4n) is 1.40. The lowest BCUT2D eigenvalue weighted by molar-refractivity contribution is -0.138. The molecule has 0 fully saturated rings. The summed E-state index contributed by atoms with van der Waals surface area (Å²) < 4.78 is 0. The van der Waals surface area contributed by atoms with Crippen LogP contribution in [-0.2, 0) is 11.4 Å². The van der Waals surface area contributed by atoms with E-state index in [1.165, 1.54) is 6.20 Å². The molecular weight excluding hydrogens is 222 g/mol. The van der Waals surface area contributed by atoms with E-state index in [4.69, 9.17) is 10.2 Å². The largest absolute Gasteiger partial charge is 0.480 e. The molecule has 94 valence electrons. The molecule has 6 nitrogen and oxygen atoms in total. The lowest BCUT2D eigenvalue weighted by atomic mass is 10.0. The third-order valence-electron chi connectivity index (χ3n) is 2.18. The molecule has 0 spiro atoms. The number of hydrogen-bond acceptors (Lipinski definition) is 5. The van der Waals surface area contributed by atoms with E-state index in [2.05, 4.69) is 15.3 Å². The van der Waals surface area contributed by atoms with Crippen LogP contribution in [0.1, 0.15) is 26.0 Å². The van der Waals surface area contributed by atoms with Gasteiger partial charge in [-0.15, -0.1) is 0 Å². The number of aliphatic carboxylic acids is 1. The second-order valence-corrected chi connectivity index (χ2v) is 4.19. The Kier molecular flexibility index (Phi) is 4.84. The molecule has 0 amide bonds. The number of carbonyl (C=O) groups is 1. The van der Waals surface area contributed by atoms with Crippen LogP contribution in [0.25, 0.3) is 0 Å². The first-order chi connectivity index (χ1) is 8.02. The van der Waals surface area contributed by atoms with Crippen LogP contribution in [0.2, 0.25) is 0 Å². The zero-order valence-electron chi connectivity index (χ0n) is 9.92. The zero-order valence-corrected chi connectivity index (χ0v) is 9.92. The Morgan fingerprint density at radius 2 is 2.24 bits per heavy atom. The molecule has 0 aliphatic carbocycles. The van der Waals surface area contributed by atoms with Gasteiger partial charge in [0.15, 0.2) is 0 Å². The first-order valence-corrected chi connectivity index (χ1v) is 5.45. The summed E-state index contributed by atoms with van der Waals surface area (Å²) in [5, 5.41) is 20.7. The lowest BCUT2D eigenvalue weighted by Crippen LogP contribution is -2.31. The van der Waals surface area contributed by atoms with Crippen molar-refractivity contribution in [3.63, 3.8) is 0 Å². The molecule has 1 rings (SSSR count). The Hall–Kier alpha value is -1.69. The van der Waals surface area contributed by atoms with Gasteiger partial charge >= 0.3 is 5.97 Å². The van der Waals surface area contributed by atoms with E-state index in [9.17, 15) is 4.79 Å². The highest BCUT2D eigenvalue weighted by Gasteiger charge is 2.19. The third kappa shape index (κ3) is 4.36. The first kappa shape index (κ1) is 13.4. The number of aromatic nitrogens is 2. The number of aliphatic hydroxyl groups excluding tert-OH is 1. The van der Waals surface area contributed by atoms with Crippen molar-refractivity contribution in [2.45, 2.75) is 32.9 Å². The van der Waals surface area contributed by atoms with Crippen molar-refractivity contribution in [3.05, 3.63) is 18.0 Å². The van der Waals surface area contributed by atoms with E-state index in [1.807, 2.05) is 13.8 Å². The second-order valence-electron chi connectivity index (χ2n) is 4.19. The molecule has 3 N–H and O–H groups in total. The molecule has 0 saturated carbocycles. The van der Waals surface area contributed by atoms with E-state index in [-0.39, 0.29) is 18.5 Å². The Labute approximate surface area is 99.7 Å². The maximum Gasteiger partial charge on any atom is 0.326 e.